The number of hydrogen-bond donors (Lipinski definition) is 0. The maximum Gasteiger partial charge on any atom is 0.289 e. The maximum atomic E-state index is 12.9. The van der Waals surface area contributed by atoms with Crippen molar-refractivity contribution in [3.05, 3.63) is 24.2 Å². The summed E-state index contributed by atoms with van der Waals surface area (Å²) in [4.78, 5) is 39.5. The molecule has 162 valence electrons. The number of rotatable bonds is 2. The van der Waals surface area contributed by atoms with E-state index in [9.17, 15) is 9.59 Å². The third kappa shape index (κ3) is 3.55. The lowest BCUT2D eigenvalue weighted by molar-refractivity contribution is -0.138. The highest BCUT2D eigenvalue weighted by molar-refractivity contribution is 5.93. The van der Waals surface area contributed by atoms with Gasteiger partial charge in [0.25, 0.3) is 5.91 Å². The topological polar surface area (TPSA) is 81.8 Å². The van der Waals surface area contributed by atoms with Gasteiger partial charge in [-0.1, -0.05) is 5.16 Å². The summed E-state index contributed by atoms with van der Waals surface area (Å²) in [6, 6.07) is 3.41. The fourth-order valence-electron chi connectivity index (χ4n) is 4.97. The Balaban J connectivity index is 1.15. The van der Waals surface area contributed by atoms with Gasteiger partial charge >= 0.3 is 0 Å². The number of carbonyl (C=O) groups is 2. The Labute approximate surface area is 176 Å². The minimum Gasteiger partial charge on any atom is -0.459 e. The van der Waals surface area contributed by atoms with E-state index in [4.69, 9.17) is 9.25 Å². The van der Waals surface area contributed by atoms with Gasteiger partial charge in [0.1, 0.15) is 0 Å². The fraction of sp³-hybridized carbons (Fsp3) is 0.667. The Bertz CT molecular complexity index is 809. The van der Waals surface area contributed by atoms with E-state index in [2.05, 4.69) is 22.0 Å². The van der Waals surface area contributed by atoms with Crippen LogP contribution in [0.1, 0.15) is 23.4 Å². The molecule has 9 heteroatoms. The van der Waals surface area contributed by atoms with Crippen molar-refractivity contribution >= 4 is 17.6 Å². The van der Waals surface area contributed by atoms with E-state index in [-0.39, 0.29) is 23.8 Å². The first-order valence-corrected chi connectivity index (χ1v) is 10.9. The van der Waals surface area contributed by atoms with Gasteiger partial charge in [-0.3, -0.25) is 9.59 Å². The van der Waals surface area contributed by atoms with Gasteiger partial charge in [0.15, 0.2) is 17.7 Å². The Morgan fingerprint density at radius 3 is 2.50 bits per heavy atom. The Hall–Kier alpha value is -2.55. The van der Waals surface area contributed by atoms with Crippen molar-refractivity contribution in [1.82, 2.24) is 19.6 Å². The molecule has 0 N–H and O–H groups in total. The van der Waals surface area contributed by atoms with Crippen LogP contribution in [0.4, 0.5) is 0 Å². The van der Waals surface area contributed by atoms with Crippen molar-refractivity contribution in [3.8, 4) is 0 Å². The van der Waals surface area contributed by atoms with Crippen LogP contribution in [0.2, 0.25) is 0 Å². The first-order valence-electron chi connectivity index (χ1n) is 10.9. The maximum absolute atomic E-state index is 12.9. The zero-order chi connectivity index (χ0) is 20.7. The van der Waals surface area contributed by atoms with Crippen molar-refractivity contribution in [2.45, 2.75) is 18.9 Å². The normalized spacial score (nSPS) is 27.8. The van der Waals surface area contributed by atoms with Crippen molar-refractivity contribution < 1.29 is 18.8 Å². The number of likely N-dealkylation sites (tertiary alicyclic amines) is 2. The molecule has 4 aliphatic heterocycles. The molecule has 4 aliphatic rings. The number of piperidine rings is 1. The molecule has 9 nitrogen and oxygen atoms in total. The number of furan rings is 1. The van der Waals surface area contributed by atoms with Gasteiger partial charge in [0.05, 0.1) is 18.7 Å². The number of amides is 2. The van der Waals surface area contributed by atoms with Gasteiger partial charge < -0.3 is 28.9 Å². The number of nitrogens with zero attached hydrogens (tertiary/aromatic N) is 5. The summed E-state index contributed by atoms with van der Waals surface area (Å²) >= 11 is 0. The third-order valence-electron chi connectivity index (χ3n) is 6.88. The molecule has 1 aromatic rings. The molecule has 0 saturated carbocycles. The molecule has 5 rings (SSSR count). The molecular weight excluding hydrogens is 386 g/mol. The highest BCUT2D eigenvalue weighted by atomic mass is 16.6. The van der Waals surface area contributed by atoms with Crippen LogP contribution in [0.3, 0.4) is 0 Å². The number of hydrogen-bond acceptors (Lipinski definition) is 7. The van der Waals surface area contributed by atoms with E-state index < -0.39 is 0 Å². The Morgan fingerprint density at radius 1 is 1.03 bits per heavy atom. The van der Waals surface area contributed by atoms with Crippen LogP contribution in [-0.4, -0.2) is 103 Å². The number of amidine groups is 1. The molecule has 3 saturated heterocycles. The van der Waals surface area contributed by atoms with Crippen LogP contribution in [0.15, 0.2) is 28.0 Å². The van der Waals surface area contributed by atoms with E-state index in [1.54, 1.807) is 17.0 Å². The minimum absolute atomic E-state index is 0.0915. The average molecular weight is 415 g/mol. The second kappa shape index (κ2) is 7.94. The molecule has 1 aromatic heterocycles. The highest BCUT2D eigenvalue weighted by Crippen LogP contribution is 2.32. The third-order valence-corrected chi connectivity index (χ3v) is 6.88. The zero-order valence-corrected chi connectivity index (χ0v) is 17.4. The highest BCUT2D eigenvalue weighted by Gasteiger charge is 2.47. The van der Waals surface area contributed by atoms with E-state index >= 15 is 0 Å². The molecule has 2 amide bonds. The summed E-state index contributed by atoms with van der Waals surface area (Å²) in [6.07, 6.45) is 3.11. The predicted molar refractivity (Wildman–Crippen MR) is 109 cm³/mol. The van der Waals surface area contributed by atoms with E-state index in [0.29, 0.717) is 24.8 Å². The fourth-order valence-corrected chi connectivity index (χ4v) is 4.97. The SMILES string of the molecule is CN1CCN(C(=O)C2CCN(C3=NO[C@@H]4CN(C(=O)c5ccco5)C[C@H]34)CC2)CC1. The summed E-state index contributed by atoms with van der Waals surface area (Å²) < 4.78 is 5.25. The summed E-state index contributed by atoms with van der Waals surface area (Å²) in [5.41, 5.74) is 0. The van der Waals surface area contributed by atoms with Crippen molar-refractivity contribution in [2.24, 2.45) is 17.0 Å². The standard InChI is InChI=1S/C21H29N5O4/c1-23-8-10-25(11-9-23)20(27)15-4-6-24(7-5-15)19-16-13-26(14-18(16)30-22-19)21(28)17-3-2-12-29-17/h2-3,12,15-16,18H,4-11,13-14H2,1H3/t16-,18+/m0/s1. The first kappa shape index (κ1) is 19.4. The summed E-state index contributed by atoms with van der Waals surface area (Å²) in [5.74, 6) is 1.69. The van der Waals surface area contributed by atoms with E-state index in [1.165, 1.54) is 6.26 Å². The monoisotopic (exact) mass is 415 g/mol. The Kier molecular flexibility index (Phi) is 5.14. The number of oxime groups is 1. The molecule has 0 aromatic carbocycles. The molecule has 0 radical (unpaired) electrons. The molecule has 3 fully saturated rings. The minimum atomic E-state index is -0.103. The molecule has 0 bridgehead atoms. The predicted octanol–water partition coefficient (Wildman–Crippen LogP) is 0.550. The van der Waals surface area contributed by atoms with Crippen molar-refractivity contribution in [3.63, 3.8) is 0 Å². The number of likely N-dealkylation sites (N-methyl/N-ethyl adjacent to an activating group) is 1. The lowest BCUT2D eigenvalue weighted by Gasteiger charge is -2.38. The van der Waals surface area contributed by atoms with E-state index in [1.807, 2.05) is 4.90 Å². The van der Waals surface area contributed by atoms with Crippen LogP contribution in [-0.2, 0) is 9.63 Å². The molecule has 0 unspecified atom stereocenters. The van der Waals surface area contributed by atoms with Crippen LogP contribution < -0.4 is 0 Å². The summed E-state index contributed by atoms with van der Waals surface area (Å²) in [5, 5.41) is 4.35. The van der Waals surface area contributed by atoms with Gasteiger partial charge in [0, 0.05) is 51.7 Å². The van der Waals surface area contributed by atoms with Gasteiger partial charge in [-0.2, -0.15) is 0 Å². The molecule has 2 atom stereocenters. The van der Waals surface area contributed by atoms with Crippen molar-refractivity contribution in [2.75, 3.05) is 59.4 Å². The van der Waals surface area contributed by atoms with Crippen LogP contribution in [0.25, 0.3) is 0 Å². The number of carbonyl (C=O) groups excluding carboxylic acids is 2. The molecule has 30 heavy (non-hydrogen) atoms. The quantitative estimate of drug-likeness (QED) is 0.702. The average Bonchev–Trinajstić information content (AvgIpc) is 3.51. The Morgan fingerprint density at radius 2 is 1.80 bits per heavy atom. The largest absolute Gasteiger partial charge is 0.459 e. The molecule has 0 aliphatic carbocycles. The zero-order valence-electron chi connectivity index (χ0n) is 17.4. The summed E-state index contributed by atoms with van der Waals surface area (Å²) in [6.45, 7) is 6.30. The lowest BCUT2D eigenvalue weighted by Crippen LogP contribution is -2.51. The van der Waals surface area contributed by atoms with Gasteiger partial charge in [-0.15, -0.1) is 0 Å². The summed E-state index contributed by atoms with van der Waals surface area (Å²) in [7, 11) is 2.10. The molecule has 5 heterocycles. The second-order valence-electron chi connectivity index (χ2n) is 8.78. The first-order chi connectivity index (χ1) is 14.6. The lowest BCUT2D eigenvalue weighted by atomic mass is 9.93. The second-order valence-corrected chi connectivity index (χ2v) is 8.78. The smallest absolute Gasteiger partial charge is 0.289 e. The van der Waals surface area contributed by atoms with Crippen LogP contribution in [0, 0.1) is 11.8 Å². The number of piperazine rings is 1. The van der Waals surface area contributed by atoms with Crippen LogP contribution in [0.5, 0.6) is 0 Å². The van der Waals surface area contributed by atoms with Gasteiger partial charge in [-0.05, 0) is 32.0 Å². The molecule has 0 spiro atoms. The molecular formula is C21H29N5O4. The number of fused-ring (bicyclic) bond motifs is 1. The van der Waals surface area contributed by atoms with Crippen molar-refractivity contribution in [1.29, 1.82) is 0 Å². The van der Waals surface area contributed by atoms with Gasteiger partial charge in [-0.25, -0.2) is 0 Å². The van der Waals surface area contributed by atoms with E-state index in [0.717, 1.165) is 57.9 Å². The van der Waals surface area contributed by atoms with Gasteiger partial charge in [0.2, 0.25) is 5.91 Å². The van der Waals surface area contributed by atoms with Crippen LogP contribution >= 0.6 is 0 Å².